The van der Waals surface area contributed by atoms with Gasteiger partial charge in [0.15, 0.2) is 11.6 Å². The molecular weight excluding hydrogens is 426 g/mol. The number of benzene rings is 2. The Morgan fingerprint density at radius 1 is 1.06 bits per heavy atom. The maximum Gasteiger partial charge on any atom is 0.226 e. The average Bonchev–Trinajstić information content (AvgIpc) is 3.22. The topological polar surface area (TPSA) is 83.3 Å². The number of allylic oxidation sites excluding steroid dienone is 2. The van der Waals surface area contributed by atoms with Crippen molar-refractivity contribution in [2.45, 2.75) is 46.6 Å². The monoisotopic (exact) mass is 457 g/mol. The van der Waals surface area contributed by atoms with Crippen molar-refractivity contribution >= 4 is 17.4 Å². The van der Waals surface area contributed by atoms with Gasteiger partial charge in [-0.25, -0.2) is 4.68 Å². The molecule has 0 saturated heterocycles. The van der Waals surface area contributed by atoms with Crippen LogP contribution in [0.2, 0.25) is 0 Å². The standard InChI is InChI=1S/C27H31N5O2/c1-5-31(6-2)19-11-7-18(8-12-19)25-29-26-28-21-15-27(3,4)16-22(34)23(21)24(32(26)30-25)17-9-13-20(33)14-10-17/h7-14,24,33H,5-6,15-16H2,1-4H3,(H,28,29,30). The Labute approximate surface area is 200 Å². The molecule has 176 valence electrons. The normalized spacial score (nSPS) is 18.8. The summed E-state index contributed by atoms with van der Waals surface area (Å²) in [6, 6.07) is 14.9. The second-order valence-corrected chi connectivity index (χ2v) is 9.87. The van der Waals surface area contributed by atoms with Crippen molar-refractivity contribution in [1.82, 2.24) is 14.8 Å². The zero-order valence-electron chi connectivity index (χ0n) is 20.2. The number of hydrogen-bond acceptors (Lipinski definition) is 6. The third kappa shape index (κ3) is 3.85. The van der Waals surface area contributed by atoms with Gasteiger partial charge in [-0.05, 0) is 67.6 Å². The fraction of sp³-hybridized carbons (Fsp3) is 0.370. The van der Waals surface area contributed by atoms with Crippen LogP contribution >= 0.6 is 0 Å². The van der Waals surface area contributed by atoms with Crippen LogP contribution in [0.15, 0.2) is 59.8 Å². The lowest BCUT2D eigenvalue weighted by Gasteiger charge is -2.38. The van der Waals surface area contributed by atoms with Gasteiger partial charge in [-0.2, -0.15) is 4.98 Å². The Kier molecular flexibility index (Phi) is 5.42. The Morgan fingerprint density at radius 2 is 1.74 bits per heavy atom. The summed E-state index contributed by atoms with van der Waals surface area (Å²) in [6.07, 6.45) is 1.26. The van der Waals surface area contributed by atoms with E-state index in [2.05, 4.69) is 50.0 Å². The van der Waals surface area contributed by atoms with Crippen molar-refractivity contribution in [2.75, 3.05) is 23.3 Å². The number of fused-ring (bicyclic) bond motifs is 1. The number of aromatic hydroxyl groups is 1. The van der Waals surface area contributed by atoms with Crippen LogP contribution in [-0.4, -0.2) is 38.7 Å². The van der Waals surface area contributed by atoms with E-state index in [1.165, 1.54) is 5.69 Å². The minimum absolute atomic E-state index is 0.117. The Bertz CT molecular complexity index is 1250. The molecule has 1 aliphatic heterocycles. The molecule has 7 nitrogen and oxygen atoms in total. The summed E-state index contributed by atoms with van der Waals surface area (Å²) in [5, 5.41) is 18.1. The van der Waals surface area contributed by atoms with Crippen molar-refractivity contribution in [3.05, 3.63) is 65.4 Å². The van der Waals surface area contributed by atoms with Gasteiger partial charge in [0.05, 0.1) is 0 Å². The number of phenols is 1. The Hall–Kier alpha value is -3.61. The van der Waals surface area contributed by atoms with Crippen molar-refractivity contribution in [1.29, 1.82) is 0 Å². The summed E-state index contributed by atoms with van der Waals surface area (Å²) in [7, 11) is 0. The van der Waals surface area contributed by atoms with Gasteiger partial charge in [-0.15, -0.1) is 5.10 Å². The number of carbonyl (C=O) groups excluding carboxylic acids is 1. The van der Waals surface area contributed by atoms with Gasteiger partial charge in [0.25, 0.3) is 0 Å². The number of phenolic OH excluding ortho intramolecular Hbond substituents is 1. The van der Waals surface area contributed by atoms with Crippen LogP contribution in [0.4, 0.5) is 11.6 Å². The summed E-state index contributed by atoms with van der Waals surface area (Å²) < 4.78 is 1.81. The first-order valence-electron chi connectivity index (χ1n) is 11.9. The van der Waals surface area contributed by atoms with Gasteiger partial charge in [-0.1, -0.05) is 26.0 Å². The maximum absolute atomic E-state index is 13.3. The lowest BCUT2D eigenvalue weighted by molar-refractivity contribution is -0.118. The van der Waals surface area contributed by atoms with E-state index in [0.29, 0.717) is 18.2 Å². The number of carbonyl (C=O) groups is 1. The van der Waals surface area contributed by atoms with Crippen molar-refractivity contribution in [2.24, 2.45) is 5.41 Å². The number of hydrogen-bond donors (Lipinski definition) is 2. The molecule has 0 amide bonds. The van der Waals surface area contributed by atoms with Crippen LogP contribution in [0.1, 0.15) is 52.1 Å². The number of rotatable bonds is 5. The summed E-state index contributed by atoms with van der Waals surface area (Å²) in [6.45, 7) is 10.4. The molecule has 3 aromatic rings. The molecule has 0 saturated carbocycles. The molecule has 2 aromatic carbocycles. The van der Waals surface area contributed by atoms with E-state index in [0.717, 1.165) is 41.9 Å². The summed E-state index contributed by atoms with van der Waals surface area (Å²) in [4.78, 5) is 20.4. The molecule has 1 unspecified atom stereocenters. The second kappa shape index (κ2) is 8.31. The molecular formula is C27H31N5O2. The van der Waals surface area contributed by atoms with E-state index >= 15 is 0 Å². The van der Waals surface area contributed by atoms with E-state index in [-0.39, 0.29) is 23.0 Å². The first-order chi connectivity index (χ1) is 16.3. The van der Waals surface area contributed by atoms with Crippen LogP contribution in [0.25, 0.3) is 11.4 Å². The van der Waals surface area contributed by atoms with E-state index in [9.17, 15) is 9.90 Å². The molecule has 0 spiro atoms. The van der Waals surface area contributed by atoms with Gasteiger partial charge in [0.2, 0.25) is 5.95 Å². The lowest BCUT2D eigenvalue weighted by Crippen LogP contribution is -2.36. The quantitative estimate of drug-likeness (QED) is 0.551. The fourth-order valence-corrected chi connectivity index (χ4v) is 5.11. The number of nitrogens with one attached hydrogen (secondary N) is 1. The van der Waals surface area contributed by atoms with Crippen LogP contribution in [0.3, 0.4) is 0 Å². The highest BCUT2D eigenvalue weighted by Gasteiger charge is 2.41. The van der Waals surface area contributed by atoms with E-state index in [4.69, 9.17) is 10.1 Å². The van der Waals surface area contributed by atoms with Crippen LogP contribution < -0.4 is 10.2 Å². The number of anilines is 2. The second-order valence-electron chi connectivity index (χ2n) is 9.87. The highest BCUT2D eigenvalue weighted by atomic mass is 16.3. The minimum Gasteiger partial charge on any atom is -0.508 e. The molecule has 1 atom stereocenters. The molecule has 1 aliphatic carbocycles. The maximum atomic E-state index is 13.3. The predicted molar refractivity (Wildman–Crippen MR) is 134 cm³/mol. The number of ketones is 1. The van der Waals surface area contributed by atoms with Gasteiger partial charge in [0, 0.05) is 42.0 Å². The van der Waals surface area contributed by atoms with Gasteiger partial charge in [-0.3, -0.25) is 4.79 Å². The number of Topliss-reactive ketones (excluding diaryl/α,β-unsaturated/α-hetero) is 1. The predicted octanol–water partition coefficient (Wildman–Crippen LogP) is 5.16. The molecule has 0 bridgehead atoms. The average molecular weight is 458 g/mol. The third-order valence-corrected chi connectivity index (χ3v) is 6.79. The molecule has 2 aliphatic rings. The molecule has 2 heterocycles. The van der Waals surface area contributed by atoms with Crippen molar-refractivity contribution in [3.63, 3.8) is 0 Å². The largest absolute Gasteiger partial charge is 0.508 e. The van der Waals surface area contributed by atoms with E-state index < -0.39 is 0 Å². The van der Waals surface area contributed by atoms with Crippen LogP contribution in [0.5, 0.6) is 5.75 Å². The molecule has 2 N–H and O–H groups in total. The first kappa shape index (κ1) is 22.2. The zero-order chi connectivity index (χ0) is 24.0. The highest BCUT2D eigenvalue weighted by Crippen LogP contribution is 2.45. The molecule has 5 rings (SSSR count). The SMILES string of the molecule is CCN(CC)c1ccc(-c2nc3n(n2)C(c2ccc(O)cc2)C2=C(CC(C)(C)CC2=O)N3)cc1. The Balaban J connectivity index is 1.58. The molecule has 0 radical (unpaired) electrons. The third-order valence-electron chi connectivity index (χ3n) is 6.79. The first-order valence-corrected chi connectivity index (χ1v) is 11.9. The van der Waals surface area contributed by atoms with Crippen molar-refractivity contribution < 1.29 is 9.90 Å². The zero-order valence-corrected chi connectivity index (χ0v) is 20.2. The van der Waals surface area contributed by atoms with Gasteiger partial charge < -0.3 is 15.3 Å². The molecule has 0 fully saturated rings. The molecule has 1 aromatic heterocycles. The summed E-state index contributed by atoms with van der Waals surface area (Å²) in [5.74, 6) is 1.56. The van der Waals surface area contributed by atoms with Gasteiger partial charge in [0.1, 0.15) is 11.8 Å². The van der Waals surface area contributed by atoms with E-state index in [1.807, 2.05) is 28.9 Å². The highest BCUT2D eigenvalue weighted by molar-refractivity contribution is 6.00. The fourth-order valence-electron chi connectivity index (χ4n) is 5.11. The van der Waals surface area contributed by atoms with E-state index in [1.54, 1.807) is 12.1 Å². The van der Waals surface area contributed by atoms with Crippen LogP contribution in [-0.2, 0) is 4.79 Å². The Morgan fingerprint density at radius 3 is 2.38 bits per heavy atom. The summed E-state index contributed by atoms with van der Waals surface area (Å²) >= 11 is 0. The number of nitrogens with zero attached hydrogens (tertiary/aromatic N) is 4. The van der Waals surface area contributed by atoms with Crippen LogP contribution in [0, 0.1) is 5.41 Å². The lowest BCUT2D eigenvalue weighted by atomic mass is 9.73. The van der Waals surface area contributed by atoms with Gasteiger partial charge >= 0.3 is 0 Å². The smallest absolute Gasteiger partial charge is 0.226 e. The minimum atomic E-state index is -0.383. The molecule has 34 heavy (non-hydrogen) atoms. The molecule has 7 heteroatoms. The van der Waals surface area contributed by atoms with Crippen molar-refractivity contribution in [3.8, 4) is 17.1 Å². The number of aromatic nitrogens is 3. The summed E-state index contributed by atoms with van der Waals surface area (Å²) in [5.41, 5.74) is 4.53.